The zero-order valence-electron chi connectivity index (χ0n) is 10.8. The molecule has 7 heteroatoms. The van der Waals surface area contributed by atoms with Gasteiger partial charge in [-0.3, -0.25) is 0 Å². The summed E-state index contributed by atoms with van der Waals surface area (Å²) in [4.78, 5) is 4.14. The van der Waals surface area contributed by atoms with Gasteiger partial charge < -0.3 is 5.32 Å². The van der Waals surface area contributed by atoms with Crippen LogP contribution in [0.3, 0.4) is 0 Å². The first-order valence-electron chi connectivity index (χ1n) is 6.42. The minimum absolute atomic E-state index is 0.110. The highest BCUT2D eigenvalue weighted by Gasteiger charge is 2.22. The number of rotatable bonds is 6. The number of aromatic nitrogens is 1. The monoisotopic (exact) mass is 303 g/mol. The molecule has 2 rings (SSSR count). The molecule has 0 amide bonds. The van der Waals surface area contributed by atoms with E-state index in [4.69, 9.17) is 11.6 Å². The summed E-state index contributed by atoms with van der Waals surface area (Å²) < 4.78 is 26.7. The van der Waals surface area contributed by atoms with Gasteiger partial charge in [-0.15, -0.1) is 0 Å². The lowest BCUT2D eigenvalue weighted by atomic mass is 9.86. The molecule has 0 atom stereocenters. The van der Waals surface area contributed by atoms with Crippen molar-refractivity contribution >= 4 is 27.4 Å². The lowest BCUT2D eigenvalue weighted by Crippen LogP contribution is -2.32. The van der Waals surface area contributed by atoms with Crippen LogP contribution in [0.25, 0.3) is 0 Å². The third kappa shape index (κ3) is 3.58. The molecule has 1 aromatic heterocycles. The minimum Gasteiger partial charge on any atom is -0.369 e. The summed E-state index contributed by atoms with van der Waals surface area (Å²) in [6, 6.07) is 1.43. The highest BCUT2D eigenvalue weighted by atomic mass is 35.5. The topological polar surface area (TPSA) is 71.1 Å². The molecule has 1 aliphatic carbocycles. The highest BCUT2D eigenvalue weighted by molar-refractivity contribution is 7.89. The largest absolute Gasteiger partial charge is 0.369 e. The molecule has 0 radical (unpaired) electrons. The third-order valence-corrected chi connectivity index (χ3v) is 4.94. The molecule has 106 valence electrons. The second kappa shape index (κ2) is 6.07. The molecule has 1 saturated carbocycles. The smallest absolute Gasteiger partial charge is 0.242 e. The first kappa shape index (κ1) is 14.6. The van der Waals surface area contributed by atoms with Gasteiger partial charge >= 0.3 is 0 Å². The lowest BCUT2D eigenvalue weighted by Gasteiger charge is -2.25. The molecule has 0 saturated heterocycles. The number of hydrogen-bond acceptors (Lipinski definition) is 4. The van der Waals surface area contributed by atoms with Crippen LogP contribution in [0.2, 0.25) is 5.02 Å². The number of halogens is 1. The van der Waals surface area contributed by atoms with Crippen molar-refractivity contribution < 1.29 is 8.42 Å². The van der Waals surface area contributed by atoms with E-state index in [1.807, 2.05) is 6.92 Å². The Hall–Kier alpha value is -0.850. The highest BCUT2D eigenvalue weighted by Crippen LogP contribution is 2.26. The number of anilines is 1. The first-order valence-corrected chi connectivity index (χ1v) is 8.28. The van der Waals surface area contributed by atoms with Crippen molar-refractivity contribution in [2.45, 2.75) is 31.1 Å². The molecule has 0 unspecified atom stereocenters. The van der Waals surface area contributed by atoms with Gasteiger partial charge in [0.05, 0.1) is 5.02 Å². The van der Waals surface area contributed by atoms with Crippen molar-refractivity contribution in [2.75, 3.05) is 18.4 Å². The fourth-order valence-electron chi connectivity index (χ4n) is 1.87. The van der Waals surface area contributed by atoms with E-state index >= 15 is 0 Å². The molecule has 1 fully saturated rings. The molecule has 1 aliphatic rings. The SMILES string of the molecule is CCNc1ncc(S(=O)(=O)NCC2CCC2)cc1Cl. The maximum atomic E-state index is 12.1. The van der Waals surface area contributed by atoms with Gasteiger partial charge in [0.25, 0.3) is 0 Å². The summed E-state index contributed by atoms with van der Waals surface area (Å²) in [6.45, 7) is 3.09. The molecule has 1 aromatic rings. The van der Waals surface area contributed by atoms with Gasteiger partial charge in [0, 0.05) is 19.3 Å². The summed E-state index contributed by atoms with van der Waals surface area (Å²) in [5.41, 5.74) is 0. The van der Waals surface area contributed by atoms with E-state index in [0.29, 0.717) is 29.8 Å². The van der Waals surface area contributed by atoms with Crippen LogP contribution in [0, 0.1) is 5.92 Å². The Morgan fingerprint density at radius 2 is 2.21 bits per heavy atom. The second-order valence-electron chi connectivity index (χ2n) is 4.68. The predicted octanol–water partition coefficient (Wildman–Crippen LogP) is 2.25. The van der Waals surface area contributed by atoms with Crippen LogP contribution in [0.1, 0.15) is 26.2 Å². The van der Waals surface area contributed by atoms with E-state index in [1.54, 1.807) is 0 Å². The van der Waals surface area contributed by atoms with Crippen LogP contribution in [0.5, 0.6) is 0 Å². The fraction of sp³-hybridized carbons (Fsp3) is 0.583. The van der Waals surface area contributed by atoms with E-state index in [9.17, 15) is 8.42 Å². The summed E-state index contributed by atoms with van der Waals surface area (Å²) in [5.74, 6) is 0.973. The number of nitrogens with one attached hydrogen (secondary N) is 2. The summed E-state index contributed by atoms with van der Waals surface area (Å²) in [7, 11) is -3.51. The molecule has 1 heterocycles. The molecule has 0 bridgehead atoms. The van der Waals surface area contributed by atoms with E-state index < -0.39 is 10.0 Å². The van der Waals surface area contributed by atoms with Gasteiger partial charge in [-0.25, -0.2) is 18.1 Å². The van der Waals surface area contributed by atoms with Crippen LogP contribution in [0.4, 0.5) is 5.82 Å². The average Bonchev–Trinajstić information content (AvgIpc) is 2.29. The maximum Gasteiger partial charge on any atom is 0.242 e. The number of sulfonamides is 1. The zero-order valence-corrected chi connectivity index (χ0v) is 12.4. The molecule has 0 spiro atoms. The zero-order chi connectivity index (χ0) is 13.9. The number of pyridine rings is 1. The van der Waals surface area contributed by atoms with Crippen LogP contribution in [0.15, 0.2) is 17.2 Å². The van der Waals surface area contributed by atoms with Crippen molar-refractivity contribution in [3.05, 3.63) is 17.3 Å². The number of hydrogen-bond donors (Lipinski definition) is 2. The van der Waals surface area contributed by atoms with Crippen molar-refractivity contribution in [3.63, 3.8) is 0 Å². The minimum atomic E-state index is -3.51. The van der Waals surface area contributed by atoms with Crippen molar-refractivity contribution in [1.29, 1.82) is 0 Å². The first-order chi connectivity index (χ1) is 9.03. The van der Waals surface area contributed by atoms with Crippen LogP contribution >= 0.6 is 11.6 Å². The van der Waals surface area contributed by atoms with Gasteiger partial charge in [0.2, 0.25) is 10.0 Å². The van der Waals surface area contributed by atoms with Gasteiger partial charge in [-0.2, -0.15) is 0 Å². The van der Waals surface area contributed by atoms with Gasteiger partial charge in [-0.05, 0) is 31.7 Å². The Morgan fingerprint density at radius 3 is 2.74 bits per heavy atom. The van der Waals surface area contributed by atoms with Crippen LogP contribution in [-0.2, 0) is 10.0 Å². The Balaban J connectivity index is 2.08. The third-order valence-electron chi connectivity index (χ3n) is 3.26. The predicted molar refractivity (Wildman–Crippen MR) is 75.9 cm³/mol. The molecule has 0 aliphatic heterocycles. The van der Waals surface area contributed by atoms with Gasteiger partial charge in [0.15, 0.2) is 0 Å². The van der Waals surface area contributed by atoms with E-state index in [0.717, 1.165) is 12.8 Å². The molecule has 5 nitrogen and oxygen atoms in total. The lowest BCUT2D eigenvalue weighted by molar-refractivity contribution is 0.316. The average molecular weight is 304 g/mol. The van der Waals surface area contributed by atoms with Crippen molar-refractivity contribution in [1.82, 2.24) is 9.71 Å². The molecular weight excluding hydrogens is 286 g/mol. The summed E-state index contributed by atoms with van der Waals surface area (Å²) in [5, 5.41) is 3.28. The van der Waals surface area contributed by atoms with Crippen molar-refractivity contribution in [3.8, 4) is 0 Å². The summed E-state index contributed by atoms with van der Waals surface area (Å²) >= 11 is 6.00. The quantitative estimate of drug-likeness (QED) is 0.845. The normalized spacial score (nSPS) is 16.1. The van der Waals surface area contributed by atoms with Crippen molar-refractivity contribution in [2.24, 2.45) is 5.92 Å². The maximum absolute atomic E-state index is 12.1. The molecule has 19 heavy (non-hydrogen) atoms. The molecule has 0 aromatic carbocycles. The molecule has 2 N–H and O–H groups in total. The Morgan fingerprint density at radius 1 is 1.47 bits per heavy atom. The number of nitrogens with zero attached hydrogens (tertiary/aromatic N) is 1. The standard InChI is InChI=1S/C12H18ClN3O2S/c1-2-14-12-11(13)6-10(8-15-12)19(17,18)16-7-9-4-3-5-9/h6,8-9,16H,2-5,7H2,1H3,(H,14,15). The van der Waals surface area contributed by atoms with Crippen LogP contribution in [-0.4, -0.2) is 26.5 Å². The van der Waals surface area contributed by atoms with Gasteiger partial charge in [0.1, 0.15) is 10.7 Å². The van der Waals surface area contributed by atoms with Gasteiger partial charge in [-0.1, -0.05) is 18.0 Å². The Kier molecular flexibility index (Phi) is 4.65. The Labute approximate surface area is 118 Å². The van der Waals surface area contributed by atoms with E-state index in [1.165, 1.54) is 18.7 Å². The fourth-order valence-corrected chi connectivity index (χ4v) is 3.26. The molecular formula is C12H18ClN3O2S. The second-order valence-corrected chi connectivity index (χ2v) is 6.85. The van der Waals surface area contributed by atoms with E-state index in [-0.39, 0.29) is 4.90 Å². The summed E-state index contributed by atoms with van der Waals surface area (Å²) in [6.07, 6.45) is 4.71. The Bertz CT molecular complexity index is 544. The van der Waals surface area contributed by atoms with E-state index in [2.05, 4.69) is 15.0 Å². The van der Waals surface area contributed by atoms with Crippen LogP contribution < -0.4 is 10.0 Å².